The Kier molecular flexibility index (Phi) is 32.1. The minimum Gasteiger partial charge on any atom is -0.457 e. The van der Waals surface area contributed by atoms with E-state index in [0.717, 1.165) is 38.5 Å². The van der Waals surface area contributed by atoms with Crippen LogP contribution in [0, 0.1) is 0 Å². The van der Waals surface area contributed by atoms with Gasteiger partial charge in [0, 0.05) is 13.0 Å². The number of hydrogen-bond acceptors (Lipinski definition) is 4. The summed E-state index contributed by atoms with van der Waals surface area (Å²) in [5.41, 5.74) is 0. The Morgan fingerprint density at radius 2 is 1.10 bits per heavy atom. The fourth-order valence-corrected chi connectivity index (χ4v) is 4.70. The molecular weight excluding hydrogens is 484 g/mol. The minimum absolute atomic E-state index is 0.174. The van der Waals surface area contributed by atoms with Crippen LogP contribution in [0.4, 0.5) is 0 Å². The molecule has 0 heterocycles. The number of carbonyl (C=O) groups is 1. The van der Waals surface area contributed by atoms with Crippen LogP contribution in [0.3, 0.4) is 0 Å². The zero-order valence-corrected chi connectivity index (χ0v) is 26.2. The lowest BCUT2D eigenvalue weighted by Gasteiger charge is -2.15. The van der Waals surface area contributed by atoms with Gasteiger partial charge < -0.3 is 14.6 Å². The predicted octanol–water partition coefficient (Wildman–Crippen LogP) is 10.4. The monoisotopic (exact) mass is 550 g/mol. The second-order valence-corrected chi connectivity index (χ2v) is 11.2. The van der Waals surface area contributed by atoms with Crippen molar-refractivity contribution in [2.24, 2.45) is 0 Å². The van der Waals surface area contributed by atoms with Gasteiger partial charge in [-0.15, -0.1) is 0 Å². The van der Waals surface area contributed by atoms with Crippen molar-refractivity contribution in [1.82, 2.24) is 0 Å². The Balaban J connectivity index is 3.46. The molecule has 0 fully saturated rings. The molecule has 0 aliphatic heterocycles. The molecule has 0 rings (SSSR count). The van der Waals surface area contributed by atoms with Crippen molar-refractivity contribution in [2.45, 2.75) is 174 Å². The van der Waals surface area contributed by atoms with Crippen LogP contribution in [0.2, 0.25) is 0 Å². The Hall–Kier alpha value is -1.13. The van der Waals surface area contributed by atoms with Crippen LogP contribution in [-0.2, 0) is 14.3 Å². The number of allylic oxidation sites excluding steroid dienone is 4. The summed E-state index contributed by atoms with van der Waals surface area (Å²) in [6, 6.07) is 0. The molecule has 0 bridgehead atoms. The van der Waals surface area contributed by atoms with Crippen molar-refractivity contribution < 1.29 is 19.4 Å². The van der Waals surface area contributed by atoms with Gasteiger partial charge in [-0.3, -0.25) is 4.79 Å². The molecule has 0 aliphatic rings. The van der Waals surface area contributed by atoms with E-state index in [4.69, 9.17) is 9.47 Å². The van der Waals surface area contributed by atoms with Crippen LogP contribution in [0.1, 0.15) is 168 Å². The number of unbranched alkanes of at least 4 members (excludes halogenated alkanes) is 19. The van der Waals surface area contributed by atoms with Gasteiger partial charge in [-0.25, -0.2) is 0 Å². The van der Waals surface area contributed by atoms with Gasteiger partial charge >= 0.3 is 5.97 Å². The second kappa shape index (κ2) is 33.1. The van der Waals surface area contributed by atoms with E-state index < -0.39 is 6.10 Å². The molecule has 4 heteroatoms. The Morgan fingerprint density at radius 3 is 1.67 bits per heavy atom. The summed E-state index contributed by atoms with van der Waals surface area (Å²) < 4.78 is 11.1. The minimum atomic E-state index is -0.534. The summed E-state index contributed by atoms with van der Waals surface area (Å²) >= 11 is 0. The third kappa shape index (κ3) is 31.3. The summed E-state index contributed by atoms with van der Waals surface area (Å²) in [5.74, 6) is -0.214. The first-order valence-electron chi connectivity index (χ1n) is 16.9. The van der Waals surface area contributed by atoms with Gasteiger partial charge in [-0.2, -0.15) is 0 Å². The van der Waals surface area contributed by atoms with E-state index in [1.54, 1.807) is 0 Å². The van der Waals surface area contributed by atoms with E-state index in [-0.39, 0.29) is 12.6 Å². The molecule has 1 atom stereocenters. The summed E-state index contributed by atoms with van der Waals surface area (Å²) in [5, 5.41) is 9.52. The van der Waals surface area contributed by atoms with E-state index >= 15 is 0 Å². The first-order chi connectivity index (χ1) is 19.2. The molecule has 0 aliphatic carbocycles. The van der Waals surface area contributed by atoms with E-state index in [1.807, 2.05) is 0 Å². The molecule has 0 amide bonds. The van der Waals surface area contributed by atoms with Gasteiger partial charge in [0.15, 0.2) is 0 Å². The van der Waals surface area contributed by atoms with Crippen LogP contribution in [-0.4, -0.2) is 37.0 Å². The van der Waals surface area contributed by atoms with Crippen molar-refractivity contribution in [3.63, 3.8) is 0 Å². The highest BCUT2D eigenvalue weighted by molar-refractivity contribution is 5.69. The Morgan fingerprint density at radius 1 is 0.615 bits per heavy atom. The van der Waals surface area contributed by atoms with Gasteiger partial charge in [0.25, 0.3) is 0 Å². The van der Waals surface area contributed by atoms with Crippen LogP contribution >= 0.6 is 0 Å². The van der Waals surface area contributed by atoms with E-state index in [9.17, 15) is 9.90 Å². The third-order valence-corrected chi connectivity index (χ3v) is 7.28. The number of hydrogen-bond donors (Lipinski definition) is 1. The lowest BCUT2D eigenvalue weighted by atomic mass is 10.0. The number of esters is 1. The number of aliphatic hydroxyl groups excluding tert-OH is 1. The van der Waals surface area contributed by atoms with E-state index in [0.29, 0.717) is 19.6 Å². The fourth-order valence-electron chi connectivity index (χ4n) is 4.70. The topological polar surface area (TPSA) is 55.8 Å². The number of aliphatic hydroxyl groups is 1. The largest absolute Gasteiger partial charge is 0.457 e. The molecule has 0 aromatic heterocycles. The van der Waals surface area contributed by atoms with Crippen LogP contribution in [0.25, 0.3) is 0 Å². The highest BCUT2D eigenvalue weighted by Gasteiger charge is 2.13. The molecule has 4 nitrogen and oxygen atoms in total. The lowest BCUT2D eigenvalue weighted by Crippen LogP contribution is -2.27. The molecule has 0 saturated carbocycles. The number of rotatable bonds is 31. The zero-order chi connectivity index (χ0) is 28.5. The second-order valence-electron chi connectivity index (χ2n) is 11.2. The SMILES string of the molecule is CCCC/C=C\C/C=C\CCCCCCCC(=O)OC(CO)COCCCCCCCCCCCCCCC. The molecule has 0 aromatic carbocycles. The molecule has 1 unspecified atom stereocenters. The van der Waals surface area contributed by atoms with Crippen molar-refractivity contribution in [3.8, 4) is 0 Å². The summed E-state index contributed by atoms with van der Waals surface area (Å²) in [6.07, 6.45) is 37.7. The molecular formula is C35H66O4. The highest BCUT2D eigenvalue weighted by Crippen LogP contribution is 2.13. The first kappa shape index (κ1) is 37.9. The maximum absolute atomic E-state index is 12.1. The third-order valence-electron chi connectivity index (χ3n) is 7.28. The Labute approximate surface area is 243 Å². The predicted molar refractivity (Wildman–Crippen MR) is 168 cm³/mol. The summed E-state index contributed by atoms with van der Waals surface area (Å²) in [7, 11) is 0. The van der Waals surface area contributed by atoms with Crippen molar-refractivity contribution in [3.05, 3.63) is 24.3 Å². The fraction of sp³-hybridized carbons (Fsp3) is 0.857. The van der Waals surface area contributed by atoms with Gasteiger partial charge in [0.2, 0.25) is 0 Å². The molecule has 0 aromatic rings. The first-order valence-corrected chi connectivity index (χ1v) is 16.9. The summed E-state index contributed by atoms with van der Waals surface area (Å²) in [6.45, 7) is 5.30. The van der Waals surface area contributed by atoms with Gasteiger partial charge in [-0.1, -0.05) is 147 Å². The molecule has 0 saturated heterocycles. The van der Waals surface area contributed by atoms with Crippen LogP contribution < -0.4 is 0 Å². The van der Waals surface area contributed by atoms with Gasteiger partial charge in [-0.05, 0) is 38.5 Å². The van der Waals surface area contributed by atoms with Gasteiger partial charge in [0.05, 0.1) is 13.2 Å². The number of ether oxygens (including phenoxy) is 2. The zero-order valence-electron chi connectivity index (χ0n) is 26.2. The average Bonchev–Trinajstić information content (AvgIpc) is 2.94. The maximum Gasteiger partial charge on any atom is 0.306 e. The summed E-state index contributed by atoms with van der Waals surface area (Å²) in [4.78, 5) is 12.1. The molecule has 0 spiro atoms. The normalized spacial score (nSPS) is 12.6. The number of carbonyl (C=O) groups excluding carboxylic acids is 1. The molecule has 1 N–H and O–H groups in total. The quantitative estimate of drug-likeness (QED) is 0.0530. The van der Waals surface area contributed by atoms with Crippen molar-refractivity contribution in [2.75, 3.05) is 19.8 Å². The maximum atomic E-state index is 12.1. The average molecular weight is 551 g/mol. The van der Waals surface area contributed by atoms with Crippen LogP contribution in [0.15, 0.2) is 24.3 Å². The molecule has 39 heavy (non-hydrogen) atoms. The molecule has 0 radical (unpaired) electrons. The van der Waals surface area contributed by atoms with Crippen molar-refractivity contribution in [1.29, 1.82) is 0 Å². The van der Waals surface area contributed by atoms with Crippen LogP contribution in [0.5, 0.6) is 0 Å². The van der Waals surface area contributed by atoms with E-state index in [1.165, 1.54) is 109 Å². The Bertz CT molecular complexity index is 543. The highest BCUT2D eigenvalue weighted by atomic mass is 16.6. The smallest absolute Gasteiger partial charge is 0.306 e. The molecule has 230 valence electrons. The van der Waals surface area contributed by atoms with E-state index in [2.05, 4.69) is 38.2 Å². The van der Waals surface area contributed by atoms with Crippen molar-refractivity contribution >= 4 is 5.97 Å². The standard InChI is InChI=1S/C35H66O4/c1-3-5-7-9-11-13-15-17-18-20-22-24-26-28-30-35(37)39-34(32-36)33-38-31-29-27-25-23-21-19-16-14-12-10-8-6-4-2/h9,11,15,17,34,36H,3-8,10,12-14,16,18-33H2,1-2H3/b11-9-,17-15-. The lowest BCUT2D eigenvalue weighted by molar-refractivity contribution is -0.154. The van der Waals surface area contributed by atoms with Gasteiger partial charge in [0.1, 0.15) is 6.10 Å².